The molecule has 0 bridgehead atoms. The van der Waals surface area contributed by atoms with Crippen LogP contribution in [0.15, 0.2) is 47.9 Å². The molecule has 1 aromatic carbocycles. The molecule has 0 fully saturated rings. The fourth-order valence-electron chi connectivity index (χ4n) is 3.44. The monoisotopic (exact) mass is 491 g/mol. The summed E-state index contributed by atoms with van der Waals surface area (Å²) in [6.07, 6.45) is 5.44. The van der Waals surface area contributed by atoms with Gasteiger partial charge in [0.1, 0.15) is 5.60 Å². The number of thiophene rings is 1. The van der Waals surface area contributed by atoms with Gasteiger partial charge in [-0.1, -0.05) is 24.3 Å². The number of carbonyl (C=O) groups is 2. The highest BCUT2D eigenvalue weighted by Gasteiger charge is 2.23. The van der Waals surface area contributed by atoms with Crippen molar-refractivity contribution in [3.05, 3.63) is 52.7 Å². The second kappa shape index (κ2) is 10.1. The molecule has 3 rings (SSSR count). The summed E-state index contributed by atoms with van der Waals surface area (Å²) in [6.45, 7) is 5.39. The molecule has 0 radical (unpaired) electrons. The maximum atomic E-state index is 12.7. The molecule has 0 saturated carbocycles. The quantitative estimate of drug-likeness (QED) is 0.526. The Kier molecular flexibility index (Phi) is 7.61. The third-order valence-electron chi connectivity index (χ3n) is 4.69. The van der Waals surface area contributed by atoms with Crippen molar-refractivity contribution >= 4 is 39.0 Å². The second-order valence-corrected chi connectivity index (χ2v) is 11.7. The molecular formula is C23H29N3O5S2. The predicted octanol–water partition coefficient (Wildman–Crippen LogP) is 4.13. The van der Waals surface area contributed by atoms with Crippen molar-refractivity contribution in [2.24, 2.45) is 0 Å². The first-order valence-electron chi connectivity index (χ1n) is 10.5. The van der Waals surface area contributed by atoms with E-state index in [1.165, 1.54) is 11.3 Å². The Bertz CT molecular complexity index is 1150. The number of amides is 2. The van der Waals surface area contributed by atoms with Crippen molar-refractivity contribution in [2.75, 3.05) is 11.6 Å². The van der Waals surface area contributed by atoms with Gasteiger partial charge in [0.25, 0.3) is 5.91 Å². The van der Waals surface area contributed by atoms with Crippen LogP contribution in [-0.4, -0.2) is 44.4 Å². The van der Waals surface area contributed by atoms with Gasteiger partial charge in [-0.3, -0.25) is 10.1 Å². The van der Waals surface area contributed by atoms with E-state index in [1.54, 1.807) is 32.9 Å². The van der Waals surface area contributed by atoms with E-state index in [0.29, 0.717) is 23.4 Å². The van der Waals surface area contributed by atoms with E-state index in [9.17, 15) is 18.0 Å². The lowest BCUT2D eigenvalue weighted by Crippen LogP contribution is -2.43. The summed E-state index contributed by atoms with van der Waals surface area (Å²) in [7, 11) is -3.30. The second-order valence-electron chi connectivity index (χ2n) is 8.97. The Morgan fingerprint density at radius 2 is 1.91 bits per heavy atom. The molecular weight excluding hydrogens is 462 g/mol. The van der Waals surface area contributed by atoms with Crippen molar-refractivity contribution < 1.29 is 22.7 Å². The minimum atomic E-state index is -3.30. The Morgan fingerprint density at radius 1 is 1.15 bits per heavy atom. The van der Waals surface area contributed by atoms with Crippen LogP contribution in [0.2, 0.25) is 0 Å². The number of anilines is 1. The maximum Gasteiger partial charge on any atom is 0.412 e. The van der Waals surface area contributed by atoms with Gasteiger partial charge >= 0.3 is 6.09 Å². The highest BCUT2D eigenvalue weighted by Crippen LogP contribution is 2.28. The molecule has 10 heteroatoms. The van der Waals surface area contributed by atoms with Crippen LogP contribution in [0.5, 0.6) is 0 Å². The number of sulfonamides is 1. The van der Waals surface area contributed by atoms with Crippen LogP contribution >= 0.6 is 11.3 Å². The first-order valence-corrected chi connectivity index (χ1v) is 13.3. The summed E-state index contributed by atoms with van der Waals surface area (Å²) in [6, 6.07) is 8.61. The van der Waals surface area contributed by atoms with Gasteiger partial charge in [-0.2, -0.15) is 0 Å². The van der Waals surface area contributed by atoms with Crippen LogP contribution < -0.4 is 15.4 Å². The van der Waals surface area contributed by atoms with Crippen LogP contribution in [0.4, 0.5) is 10.5 Å². The van der Waals surface area contributed by atoms with E-state index in [0.717, 1.165) is 17.4 Å². The van der Waals surface area contributed by atoms with Crippen LogP contribution in [0, 0.1) is 0 Å². The molecule has 1 aliphatic rings. The lowest BCUT2D eigenvalue weighted by Gasteiger charge is -2.25. The summed E-state index contributed by atoms with van der Waals surface area (Å²) in [5.74, 6) is -0.219. The summed E-state index contributed by atoms with van der Waals surface area (Å²) in [5.41, 5.74) is 1.71. The zero-order valence-corrected chi connectivity index (χ0v) is 20.7. The van der Waals surface area contributed by atoms with Gasteiger partial charge in [0.2, 0.25) is 10.0 Å². The molecule has 1 heterocycles. The lowest BCUT2D eigenvalue weighted by atomic mass is 9.98. The number of hydrogen-bond donors (Lipinski definition) is 3. The molecule has 178 valence electrons. The topological polar surface area (TPSA) is 114 Å². The fourth-order valence-corrected chi connectivity index (χ4v) is 5.06. The SMILES string of the molecule is CC(C)(C)OC(=O)Nc1cccc(-c2csc(C(=O)NC3C=CCC(NS(C)(=O)=O)C3)c2)c1. The van der Waals surface area contributed by atoms with Crippen molar-refractivity contribution in [3.8, 4) is 11.1 Å². The van der Waals surface area contributed by atoms with Crippen LogP contribution in [0.1, 0.15) is 43.3 Å². The molecule has 1 aromatic heterocycles. The highest BCUT2D eigenvalue weighted by atomic mass is 32.2. The summed E-state index contributed by atoms with van der Waals surface area (Å²) in [5, 5.41) is 7.55. The number of carbonyl (C=O) groups excluding carboxylic acids is 2. The molecule has 0 aliphatic heterocycles. The van der Waals surface area contributed by atoms with E-state index in [4.69, 9.17) is 4.74 Å². The van der Waals surface area contributed by atoms with Crippen LogP contribution in [-0.2, 0) is 14.8 Å². The number of rotatable bonds is 6. The van der Waals surface area contributed by atoms with Crippen LogP contribution in [0.3, 0.4) is 0 Å². The third kappa shape index (κ3) is 7.99. The molecule has 0 saturated heterocycles. The Balaban J connectivity index is 1.64. The number of hydrogen-bond acceptors (Lipinski definition) is 6. The minimum absolute atomic E-state index is 0.219. The van der Waals surface area contributed by atoms with Crippen molar-refractivity contribution in [3.63, 3.8) is 0 Å². The highest BCUT2D eigenvalue weighted by molar-refractivity contribution is 7.88. The normalized spacial score (nSPS) is 18.5. The Hall–Kier alpha value is -2.69. The fraction of sp³-hybridized carbons (Fsp3) is 0.391. The maximum absolute atomic E-state index is 12.7. The van der Waals surface area contributed by atoms with Gasteiger partial charge in [0, 0.05) is 17.8 Å². The largest absolute Gasteiger partial charge is 0.444 e. The molecule has 8 nitrogen and oxygen atoms in total. The Morgan fingerprint density at radius 3 is 2.61 bits per heavy atom. The zero-order valence-electron chi connectivity index (χ0n) is 19.0. The Labute approximate surface area is 198 Å². The third-order valence-corrected chi connectivity index (χ3v) is 6.38. The van der Waals surface area contributed by atoms with E-state index in [-0.39, 0.29) is 18.0 Å². The van der Waals surface area contributed by atoms with Crippen molar-refractivity contribution in [2.45, 2.75) is 51.3 Å². The van der Waals surface area contributed by atoms with Crippen LogP contribution in [0.25, 0.3) is 11.1 Å². The average Bonchev–Trinajstić information content (AvgIpc) is 3.16. The molecule has 0 spiro atoms. The smallest absolute Gasteiger partial charge is 0.412 e. The lowest BCUT2D eigenvalue weighted by molar-refractivity contribution is 0.0635. The number of nitrogens with one attached hydrogen (secondary N) is 3. The average molecular weight is 492 g/mol. The first kappa shape index (κ1) is 24.9. The molecule has 3 N–H and O–H groups in total. The van der Waals surface area contributed by atoms with E-state index < -0.39 is 21.7 Å². The van der Waals surface area contributed by atoms with Gasteiger partial charge in [-0.05, 0) is 68.3 Å². The molecule has 2 unspecified atom stereocenters. The van der Waals surface area contributed by atoms with Crippen molar-refractivity contribution in [1.29, 1.82) is 0 Å². The molecule has 1 aliphatic carbocycles. The molecule has 2 atom stereocenters. The zero-order chi connectivity index (χ0) is 24.2. The number of ether oxygens (including phenoxy) is 1. The van der Waals surface area contributed by atoms with Crippen molar-refractivity contribution in [1.82, 2.24) is 10.0 Å². The summed E-state index contributed by atoms with van der Waals surface area (Å²) >= 11 is 1.32. The predicted molar refractivity (Wildman–Crippen MR) is 131 cm³/mol. The van der Waals surface area contributed by atoms with E-state index in [2.05, 4.69) is 15.4 Å². The molecule has 33 heavy (non-hydrogen) atoms. The first-order chi connectivity index (χ1) is 15.4. The summed E-state index contributed by atoms with van der Waals surface area (Å²) in [4.78, 5) is 25.3. The standard InChI is InChI=1S/C23H29N3O5S2/c1-23(2,3)31-22(28)25-17-8-5-7-15(11-17)16-12-20(32-14-16)21(27)24-18-9-6-10-19(13-18)26-33(4,29)30/h5-9,11-12,14,18-19,26H,10,13H2,1-4H3,(H,24,27)(H,25,28). The van der Waals surface area contributed by atoms with Gasteiger partial charge in [-0.15, -0.1) is 11.3 Å². The minimum Gasteiger partial charge on any atom is -0.444 e. The van der Waals surface area contributed by atoms with Gasteiger partial charge in [0.15, 0.2) is 0 Å². The number of benzene rings is 1. The van der Waals surface area contributed by atoms with E-state index in [1.807, 2.05) is 35.7 Å². The van der Waals surface area contributed by atoms with Gasteiger partial charge in [-0.25, -0.2) is 17.9 Å². The van der Waals surface area contributed by atoms with E-state index >= 15 is 0 Å². The molecule has 2 aromatic rings. The summed E-state index contributed by atoms with van der Waals surface area (Å²) < 4.78 is 30.8. The molecule has 2 amide bonds. The van der Waals surface area contributed by atoms with Gasteiger partial charge in [0.05, 0.1) is 11.1 Å². The van der Waals surface area contributed by atoms with Gasteiger partial charge < -0.3 is 10.1 Å².